The summed E-state index contributed by atoms with van der Waals surface area (Å²) in [5.74, 6) is 0.740. The van der Waals surface area contributed by atoms with Crippen LogP contribution in [-0.4, -0.2) is 47.0 Å². The molecule has 19 heavy (non-hydrogen) atoms. The number of phenols is 1. The average molecular weight is 281 g/mol. The molecule has 1 N–H and O–H groups in total. The molecule has 0 bridgehead atoms. The highest BCUT2D eigenvalue weighted by Crippen LogP contribution is 2.23. The van der Waals surface area contributed by atoms with Gasteiger partial charge in [-0.2, -0.15) is 0 Å². The van der Waals surface area contributed by atoms with Crippen LogP contribution in [0.1, 0.15) is 13.8 Å². The predicted molar refractivity (Wildman–Crippen MR) is 75.4 cm³/mol. The van der Waals surface area contributed by atoms with Gasteiger partial charge in [0.1, 0.15) is 5.75 Å². The monoisotopic (exact) mass is 281 g/mol. The molecule has 1 aromatic carbocycles. The molecule has 0 aliphatic carbocycles. The van der Waals surface area contributed by atoms with Crippen LogP contribution in [0, 0.1) is 0 Å². The third-order valence-electron chi connectivity index (χ3n) is 2.95. The molecule has 2 unspecified atom stereocenters. The van der Waals surface area contributed by atoms with Gasteiger partial charge in [-0.25, -0.2) is 0 Å². The number of ether oxygens (including phenoxy) is 1. The standard InChI is InChI=1S/C14H19NO3S/c1-10-7-15(8-11(2)18-10)14(17)9-19-13-5-3-4-12(16)6-13/h3-6,10-11,16H,7-9H2,1-2H3. The van der Waals surface area contributed by atoms with Crippen LogP contribution in [0.3, 0.4) is 0 Å². The second-order valence-corrected chi connectivity index (χ2v) is 5.89. The molecular formula is C14H19NO3S. The van der Waals surface area contributed by atoms with Crippen molar-refractivity contribution in [2.45, 2.75) is 31.0 Å². The van der Waals surface area contributed by atoms with Gasteiger partial charge in [0.05, 0.1) is 18.0 Å². The molecule has 0 aromatic heterocycles. The van der Waals surface area contributed by atoms with Crippen molar-refractivity contribution in [3.8, 4) is 5.75 Å². The van der Waals surface area contributed by atoms with Crippen molar-refractivity contribution in [2.24, 2.45) is 0 Å². The molecule has 1 aliphatic heterocycles. The third kappa shape index (κ3) is 4.14. The topological polar surface area (TPSA) is 49.8 Å². The third-order valence-corrected chi connectivity index (χ3v) is 3.93. The van der Waals surface area contributed by atoms with Crippen molar-refractivity contribution in [2.75, 3.05) is 18.8 Å². The van der Waals surface area contributed by atoms with Crippen molar-refractivity contribution in [1.29, 1.82) is 0 Å². The molecular weight excluding hydrogens is 262 g/mol. The van der Waals surface area contributed by atoms with Gasteiger partial charge in [-0.05, 0) is 32.0 Å². The van der Waals surface area contributed by atoms with Gasteiger partial charge in [-0.3, -0.25) is 4.79 Å². The Hall–Kier alpha value is -1.20. The van der Waals surface area contributed by atoms with Crippen molar-refractivity contribution < 1.29 is 14.6 Å². The number of aromatic hydroxyl groups is 1. The average Bonchev–Trinajstić information content (AvgIpc) is 2.35. The van der Waals surface area contributed by atoms with E-state index in [-0.39, 0.29) is 23.9 Å². The van der Waals surface area contributed by atoms with Crippen LogP contribution < -0.4 is 0 Å². The Bertz CT molecular complexity index is 442. The first-order valence-corrected chi connectivity index (χ1v) is 7.38. The molecule has 1 fully saturated rings. The second kappa shape index (κ2) is 6.30. The van der Waals surface area contributed by atoms with Crippen LogP contribution in [0.4, 0.5) is 0 Å². The first-order valence-electron chi connectivity index (χ1n) is 6.39. The summed E-state index contributed by atoms with van der Waals surface area (Å²) in [7, 11) is 0. The predicted octanol–water partition coefficient (Wildman–Crippen LogP) is 2.12. The summed E-state index contributed by atoms with van der Waals surface area (Å²) in [6, 6.07) is 6.96. The maximum Gasteiger partial charge on any atom is 0.233 e. The summed E-state index contributed by atoms with van der Waals surface area (Å²) in [6.45, 7) is 5.28. The van der Waals surface area contributed by atoms with E-state index in [1.807, 2.05) is 24.8 Å². The molecule has 1 aromatic rings. The normalized spacial score (nSPS) is 23.4. The Morgan fingerprint density at radius 2 is 2.11 bits per heavy atom. The highest BCUT2D eigenvalue weighted by Gasteiger charge is 2.25. The maximum absolute atomic E-state index is 12.1. The summed E-state index contributed by atoms with van der Waals surface area (Å²) in [5.41, 5.74) is 0. The van der Waals surface area contributed by atoms with Gasteiger partial charge < -0.3 is 14.7 Å². The number of thioether (sulfide) groups is 1. The van der Waals surface area contributed by atoms with Crippen LogP contribution in [0.25, 0.3) is 0 Å². The minimum absolute atomic E-state index is 0.0958. The summed E-state index contributed by atoms with van der Waals surface area (Å²) >= 11 is 1.45. The first kappa shape index (κ1) is 14.2. The molecule has 2 rings (SSSR count). The number of rotatable bonds is 3. The zero-order valence-corrected chi connectivity index (χ0v) is 12.0. The van der Waals surface area contributed by atoms with Crippen molar-refractivity contribution >= 4 is 17.7 Å². The Balaban J connectivity index is 1.87. The molecule has 5 heteroatoms. The Kier molecular flexibility index (Phi) is 4.71. The number of amides is 1. The lowest BCUT2D eigenvalue weighted by molar-refractivity contribution is -0.140. The van der Waals surface area contributed by atoms with Gasteiger partial charge in [0.15, 0.2) is 0 Å². The molecule has 1 amide bonds. The zero-order chi connectivity index (χ0) is 13.8. The molecule has 104 valence electrons. The van der Waals surface area contributed by atoms with E-state index in [1.54, 1.807) is 18.2 Å². The van der Waals surface area contributed by atoms with Gasteiger partial charge in [0, 0.05) is 18.0 Å². The fourth-order valence-corrected chi connectivity index (χ4v) is 3.04. The minimum Gasteiger partial charge on any atom is -0.508 e. The quantitative estimate of drug-likeness (QED) is 0.862. The number of benzene rings is 1. The number of morpholine rings is 1. The van der Waals surface area contributed by atoms with E-state index in [0.717, 1.165) is 4.90 Å². The van der Waals surface area contributed by atoms with Crippen LogP contribution in [-0.2, 0) is 9.53 Å². The fraction of sp³-hybridized carbons (Fsp3) is 0.500. The molecule has 0 saturated carbocycles. The van der Waals surface area contributed by atoms with Gasteiger partial charge in [0.2, 0.25) is 5.91 Å². The van der Waals surface area contributed by atoms with Gasteiger partial charge in [0.25, 0.3) is 0 Å². The number of hydrogen-bond donors (Lipinski definition) is 1. The largest absolute Gasteiger partial charge is 0.508 e. The van der Waals surface area contributed by atoms with Crippen LogP contribution in [0.15, 0.2) is 29.2 Å². The van der Waals surface area contributed by atoms with E-state index in [9.17, 15) is 9.90 Å². The number of nitrogens with zero attached hydrogens (tertiary/aromatic N) is 1. The number of carbonyl (C=O) groups is 1. The van der Waals surface area contributed by atoms with Gasteiger partial charge in [-0.1, -0.05) is 6.07 Å². The van der Waals surface area contributed by atoms with E-state index in [2.05, 4.69) is 0 Å². The first-order chi connectivity index (χ1) is 9.04. The summed E-state index contributed by atoms with van der Waals surface area (Å²) in [5, 5.41) is 9.37. The van der Waals surface area contributed by atoms with Crippen molar-refractivity contribution in [1.82, 2.24) is 4.90 Å². The van der Waals surface area contributed by atoms with E-state index >= 15 is 0 Å². The molecule has 0 spiro atoms. The van der Waals surface area contributed by atoms with Crippen molar-refractivity contribution in [3.63, 3.8) is 0 Å². The summed E-state index contributed by atoms with van der Waals surface area (Å²) < 4.78 is 5.61. The maximum atomic E-state index is 12.1. The Morgan fingerprint density at radius 1 is 1.42 bits per heavy atom. The zero-order valence-electron chi connectivity index (χ0n) is 11.2. The van der Waals surface area contributed by atoms with E-state index < -0.39 is 0 Å². The SMILES string of the molecule is CC1CN(C(=O)CSc2cccc(O)c2)CC(C)O1. The summed E-state index contributed by atoms with van der Waals surface area (Å²) in [4.78, 5) is 14.9. The molecule has 2 atom stereocenters. The lowest BCUT2D eigenvalue weighted by atomic mass is 10.2. The van der Waals surface area contributed by atoms with Crippen molar-refractivity contribution in [3.05, 3.63) is 24.3 Å². The van der Waals surface area contributed by atoms with Crippen LogP contribution >= 0.6 is 11.8 Å². The van der Waals surface area contributed by atoms with Gasteiger partial charge in [-0.15, -0.1) is 11.8 Å². The molecule has 1 aliphatic rings. The number of phenolic OH excluding ortho intramolecular Hbond substituents is 1. The molecule has 0 radical (unpaired) electrons. The molecule has 1 heterocycles. The Labute approximate surface area is 117 Å². The van der Waals surface area contributed by atoms with E-state index in [0.29, 0.717) is 18.8 Å². The second-order valence-electron chi connectivity index (χ2n) is 4.84. The summed E-state index contributed by atoms with van der Waals surface area (Å²) in [6.07, 6.45) is 0.192. The lowest BCUT2D eigenvalue weighted by Crippen LogP contribution is -2.48. The number of carbonyl (C=O) groups excluding carboxylic acids is 1. The van der Waals surface area contributed by atoms with E-state index in [4.69, 9.17) is 4.74 Å². The highest BCUT2D eigenvalue weighted by molar-refractivity contribution is 8.00. The molecule has 4 nitrogen and oxygen atoms in total. The number of hydrogen-bond acceptors (Lipinski definition) is 4. The van der Waals surface area contributed by atoms with E-state index in [1.165, 1.54) is 11.8 Å². The van der Waals surface area contributed by atoms with Crippen LogP contribution in [0.2, 0.25) is 0 Å². The Morgan fingerprint density at radius 3 is 2.74 bits per heavy atom. The minimum atomic E-state index is 0.0958. The lowest BCUT2D eigenvalue weighted by Gasteiger charge is -2.35. The van der Waals surface area contributed by atoms with Gasteiger partial charge >= 0.3 is 0 Å². The highest BCUT2D eigenvalue weighted by atomic mass is 32.2. The smallest absolute Gasteiger partial charge is 0.233 e. The molecule has 1 saturated heterocycles. The van der Waals surface area contributed by atoms with Crippen LogP contribution in [0.5, 0.6) is 5.75 Å². The fourth-order valence-electron chi connectivity index (χ4n) is 2.19.